The summed E-state index contributed by atoms with van der Waals surface area (Å²) in [7, 11) is 0. The van der Waals surface area contributed by atoms with Crippen LogP contribution in [0.4, 0.5) is 5.82 Å². The zero-order valence-electron chi connectivity index (χ0n) is 10.6. The largest absolute Gasteiger partial charge is 0.382 e. The standard InChI is InChI=1S/C12H16N6O/c13-10-9-12(15-11(14-10)7-3-4-7)18(17-16-9)6-8-2-1-5-19-8/h7-8H,1-6H2,(H2,13,14,15)/t8-/m1/s1. The van der Waals surface area contributed by atoms with Gasteiger partial charge in [-0.2, -0.15) is 0 Å². The average molecular weight is 260 g/mol. The molecule has 0 amide bonds. The molecule has 0 spiro atoms. The van der Waals surface area contributed by atoms with E-state index >= 15 is 0 Å². The van der Waals surface area contributed by atoms with E-state index in [9.17, 15) is 0 Å². The molecule has 1 saturated heterocycles. The van der Waals surface area contributed by atoms with Gasteiger partial charge in [0, 0.05) is 12.5 Å². The maximum absolute atomic E-state index is 5.95. The van der Waals surface area contributed by atoms with Crippen LogP contribution in [-0.4, -0.2) is 37.7 Å². The summed E-state index contributed by atoms with van der Waals surface area (Å²) in [5.74, 6) is 1.74. The molecule has 1 aliphatic heterocycles. The fraction of sp³-hybridized carbons (Fsp3) is 0.667. The lowest BCUT2D eigenvalue weighted by atomic mass is 10.2. The fourth-order valence-electron chi connectivity index (χ4n) is 2.52. The van der Waals surface area contributed by atoms with Crippen molar-refractivity contribution in [2.24, 2.45) is 0 Å². The number of rotatable bonds is 3. The van der Waals surface area contributed by atoms with Crippen molar-refractivity contribution in [3.05, 3.63) is 5.82 Å². The molecule has 0 aromatic carbocycles. The van der Waals surface area contributed by atoms with Gasteiger partial charge in [0.15, 0.2) is 17.0 Å². The molecule has 7 nitrogen and oxygen atoms in total. The van der Waals surface area contributed by atoms with Crippen molar-refractivity contribution in [1.82, 2.24) is 25.0 Å². The second kappa shape index (κ2) is 4.12. The molecule has 19 heavy (non-hydrogen) atoms. The van der Waals surface area contributed by atoms with Crippen molar-refractivity contribution in [1.29, 1.82) is 0 Å². The Balaban J connectivity index is 1.73. The molecule has 2 aliphatic rings. The van der Waals surface area contributed by atoms with Crippen LogP contribution in [0.3, 0.4) is 0 Å². The van der Waals surface area contributed by atoms with E-state index < -0.39 is 0 Å². The quantitative estimate of drug-likeness (QED) is 0.880. The molecule has 7 heteroatoms. The Morgan fingerprint density at radius 2 is 2.16 bits per heavy atom. The number of hydrogen-bond donors (Lipinski definition) is 1. The maximum Gasteiger partial charge on any atom is 0.184 e. The summed E-state index contributed by atoms with van der Waals surface area (Å²) in [6.07, 6.45) is 4.70. The van der Waals surface area contributed by atoms with Gasteiger partial charge in [0.25, 0.3) is 0 Å². The molecule has 100 valence electrons. The van der Waals surface area contributed by atoms with Gasteiger partial charge in [0.1, 0.15) is 5.82 Å². The van der Waals surface area contributed by atoms with E-state index in [1.807, 2.05) is 0 Å². The first-order valence-corrected chi connectivity index (χ1v) is 6.79. The number of nitrogens with zero attached hydrogens (tertiary/aromatic N) is 5. The van der Waals surface area contributed by atoms with Crippen molar-refractivity contribution in [3.63, 3.8) is 0 Å². The van der Waals surface area contributed by atoms with Crippen molar-refractivity contribution in [3.8, 4) is 0 Å². The van der Waals surface area contributed by atoms with Crippen LogP contribution in [0.2, 0.25) is 0 Å². The fourth-order valence-corrected chi connectivity index (χ4v) is 2.52. The summed E-state index contributed by atoms with van der Waals surface area (Å²) >= 11 is 0. The SMILES string of the molecule is Nc1nc(C2CC2)nc2c1nnn2C[C@H]1CCCO1. The first kappa shape index (κ1) is 11.1. The van der Waals surface area contributed by atoms with E-state index in [1.165, 1.54) is 0 Å². The lowest BCUT2D eigenvalue weighted by molar-refractivity contribution is 0.0944. The van der Waals surface area contributed by atoms with Crippen LogP contribution >= 0.6 is 0 Å². The Morgan fingerprint density at radius 3 is 2.89 bits per heavy atom. The number of nitrogen functional groups attached to an aromatic ring is 1. The first-order chi connectivity index (χ1) is 9.31. The van der Waals surface area contributed by atoms with Gasteiger partial charge in [-0.15, -0.1) is 5.10 Å². The zero-order chi connectivity index (χ0) is 12.8. The highest BCUT2D eigenvalue weighted by Crippen LogP contribution is 2.38. The maximum atomic E-state index is 5.95. The summed E-state index contributed by atoms with van der Waals surface area (Å²) in [5.41, 5.74) is 7.29. The summed E-state index contributed by atoms with van der Waals surface area (Å²) < 4.78 is 7.43. The van der Waals surface area contributed by atoms with Gasteiger partial charge in [-0.25, -0.2) is 14.6 Å². The molecular formula is C12H16N6O. The number of hydrogen-bond acceptors (Lipinski definition) is 6. The van der Waals surface area contributed by atoms with Gasteiger partial charge in [-0.1, -0.05) is 5.21 Å². The third-order valence-corrected chi connectivity index (χ3v) is 3.75. The van der Waals surface area contributed by atoms with E-state index in [4.69, 9.17) is 10.5 Å². The normalized spacial score (nSPS) is 23.3. The minimum absolute atomic E-state index is 0.213. The molecule has 1 saturated carbocycles. The molecule has 1 aliphatic carbocycles. The number of ether oxygens (including phenoxy) is 1. The Hall–Kier alpha value is -1.76. The zero-order valence-corrected chi connectivity index (χ0v) is 10.6. The summed E-state index contributed by atoms with van der Waals surface area (Å²) in [6.45, 7) is 1.53. The molecule has 2 N–H and O–H groups in total. The highest BCUT2D eigenvalue weighted by molar-refractivity contribution is 5.80. The third kappa shape index (κ3) is 1.94. The van der Waals surface area contributed by atoms with Gasteiger partial charge in [0.2, 0.25) is 0 Å². The predicted molar refractivity (Wildman–Crippen MR) is 68.5 cm³/mol. The van der Waals surface area contributed by atoms with Crippen LogP contribution in [0.25, 0.3) is 11.2 Å². The second-order valence-electron chi connectivity index (χ2n) is 5.32. The van der Waals surface area contributed by atoms with Crippen LogP contribution in [-0.2, 0) is 11.3 Å². The van der Waals surface area contributed by atoms with Crippen molar-refractivity contribution < 1.29 is 4.74 Å². The summed E-state index contributed by atoms with van der Waals surface area (Å²) in [5, 5.41) is 8.23. The second-order valence-corrected chi connectivity index (χ2v) is 5.32. The predicted octanol–water partition coefficient (Wildman–Crippen LogP) is 0.860. The summed E-state index contributed by atoms with van der Waals surface area (Å²) in [4.78, 5) is 8.92. The first-order valence-electron chi connectivity index (χ1n) is 6.79. The smallest absolute Gasteiger partial charge is 0.184 e. The summed E-state index contributed by atoms with van der Waals surface area (Å²) in [6, 6.07) is 0. The highest BCUT2D eigenvalue weighted by atomic mass is 16.5. The Labute approximate surface area is 110 Å². The van der Waals surface area contributed by atoms with Gasteiger partial charge in [-0.05, 0) is 25.7 Å². The van der Waals surface area contributed by atoms with E-state index in [-0.39, 0.29) is 6.10 Å². The molecule has 2 aromatic rings. The van der Waals surface area contributed by atoms with Crippen molar-refractivity contribution in [2.75, 3.05) is 12.3 Å². The number of fused-ring (bicyclic) bond motifs is 1. The number of anilines is 1. The van der Waals surface area contributed by atoms with Crippen LogP contribution < -0.4 is 5.73 Å². The Bertz CT molecular complexity index is 614. The van der Waals surface area contributed by atoms with Crippen LogP contribution in [0.5, 0.6) is 0 Å². The molecule has 2 aromatic heterocycles. The molecule has 1 atom stereocenters. The third-order valence-electron chi connectivity index (χ3n) is 3.75. The van der Waals surface area contributed by atoms with Crippen LogP contribution in [0.15, 0.2) is 0 Å². The Kier molecular flexibility index (Phi) is 2.41. The molecule has 0 radical (unpaired) electrons. The molecule has 2 fully saturated rings. The monoisotopic (exact) mass is 260 g/mol. The van der Waals surface area contributed by atoms with Crippen molar-refractivity contribution in [2.45, 2.75) is 44.2 Å². The Morgan fingerprint density at radius 1 is 1.26 bits per heavy atom. The highest BCUT2D eigenvalue weighted by Gasteiger charge is 2.28. The lowest BCUT2D eigenvalue weighted by Gasteiger charge is -2.09. The number of aromatic nitrogens is 5. The van der Waals surface area contributed by atoms with Gasteiger partial charge in [0.05, 0.1) is 12.6 Å². The van der Waals surface area contributed by atoms with E-state index in [0.717, 1.165) is 43.8 Å². The van der Waals surface area contributed by atoms with Gasteiger partial charge in [-0.3, -0.25) is 0 Å². The van der Waals surface area contributed by atoms with Crippen LogP contribution in [0, 0.1) is 0 Å². The number of nitrogens with two attached hydrogens (primary N) is 1. The average Bonchev–Trinajstić information content (AvgIpc) is 2.99. The van der Waals surface area contributed by atoms with Gasteiger partial charge < -0.3 is 10.5 Å². The van der Waals surface area contributed by atoms with E-state index in [1.54, 1.807) is 4.68 Å². The van der Waals surface area contributed by atoms with Gasteiger partial charge >= 0.3 is 0 Å². The van der Waals surface area contributed by atoms with E-state index in [2.05, 4.69) is 20.3 Å². The minimum Gasteiger partial charge on any atom is -0.382 e. The molecule has 4 rings (SSSR count). The minimum atomic E-state index is 0.213. The van der Waals surface area contributed by atoms with E-state index in [0.29, 0.717) is 23.8 Å². The van der Waals surface area contributed by atoms with Crippen LogP contribution in [0.1, 0.15) is 37.4 Å². The molecule has 3 heterocycles. The molecule has 0 unspecified atom stereocenters. The lowest BCUT2D eigenvalue weighted by Crippen LogP contribution is -2.16. The molecular weight excluding hydrogens is 244 g/mol. The topological polar surface area (TPSA) is 91.7 Å². The van der Waals surface area contributed by atoms with Crippen molar-refractivity contribution >= 4 is 17.0 Å². The molecule has 0 bridgehead atoms.